The summed E-state index contributed by atoms with van der Waals surface area (Å²) < 4.78 is 42.1. The maximum absolute atomic E-state index is 12.7. The zero-order valence-electron chi connectivity index (χ0n) is 15.9. The van der Waals surface area contributed by atoms with Gasteiger partial charge in [0, 0.05) is 30.0 Å². The van der Waals surface area contributed by atoms with Crippen LogP contribution in [0, 0.1) is 6.92 Å². The Labute approximate surface area is 165 Å². The Balaban J connectivity index is 1.99. The highest BCUT2D eigenvalue weighted by molar-refractivity contribution is 7.16. The lowest BCUT2D eigenvalue weighted by Crippen LogP contribution is -2.25. The first-order chi connectivity index (χ1) is 13.1. The van der Waals surface area contributed by atoms with E-state index in [0.717, 1.165) is 24.3 Å². The van der Waals surface area contributed by atoms with Crippen LogP contribution in [0.25, 0.3) is 11.3 Å². The van der Waals surface area contributed by atoms with E-state index >= 15 is 0 Å². The first-order valence-corrected chi connectivity index (χ1v) is 9.81. The number of hydrogen-bond acceptors (Lipinski definition) is 5. The summed E-state index contributed by atoms with van der Waals surface area (Å²) >= 11 is 1.35. The van der Waals surface area contributed by atoms with Crippen molar-refractivity contribution in [2.75, 3.05) is 11.9 Å². The van der Waals surface area contributed by atoms with Crippen LogP contribution in [0.15, 0.2) is 18.2 Å². The molecule has 1 aromatic heterocycles. The third-order valence-corrected chi connectivity index (χ3v) is 5.53. The summed E-state index contributed by atoms with van der Waals surface area (Å²) in [5.74, 6) is -0.524. The highest BCUT2D eigenvalue weighted by Crippen LogP contribution is 2.36. The minimum Gasteiger partial charge on any atom is -0.406 e. The molecule has 3 rings (SSSR count). The number of benzene rings is 1. The van der Waals surface area contributed by atoms with Gasteiger partial charge in [-0.2, -0.15) is 0 Å². The van der Waals surface area contributed by atoms with Crippen molar-refractivity contribution in [2.45, 2.75) is 52.6 Å². The molecule has 9 heteroatoms. The van der Waals surface area contributed by atoms with Crippen LogP contribution >= 0.6 is 11.3 Å². The molecule has 1 aliphatic rings. The Kier molecular flexibility index (Phi) is 5.95. The van der Waals surface area contributed by atoms with Gasteiger partial charge in [0.2, 0.25) is 5.91 Å². The Morgan fingerprint density at radius 1 is 1.39 bits per heavy atom. The average molecular weight is 413 g/mol. The van der Waals surface area contributed by atoms with Crippen LogP contribution in [-0.4, -0.2) is 34.7 Å². The molecule has 1 N–H and O–H groups in total. The molecule has 1 amide bonds. The van der Waals surface area contributed by atoms with E-state index < -0.39 is 6.36 Å². The van der Waals surface area contributed by atoms with Crippen LogP contribution in [0.2, 0.25) is 0 Å². The minimum atomic E-state index is -4.76. The molecule has 1 atom stereocenters. The molecule has 1 aromatic carbocycles. The van der Waals surface area contributed by atoms with E-state index in [4.69, 9.17) is 0 Å². The van der Waals surface area contributed by atoms with Crippen molar-refractivity contribution in [2.24, 2.45) is 0 Å². The smallest absolute Gasteiger partial charge is 0.406 e. The third kappa shape index (κ3) is 5.23. The van der Waals surface area contributed by atoms with E-state index in [9.17, 15) is 18.0 Å². The fourth-order valence-electron chi connectivity index (χ4n) is 3.38. The van der Waals surface area contributed by atoms with Gasteiger partial charge in [-0.1, -0.05) is 11.3 Å². The molecule has 0 radical (unpaired) electrons. The van der Waals surface area contributed by atoms with Gasteiger partial charge in [-0.25, -0.2) is 4.98 Å². The van der Waals surface area contributed by atoms with E-state index in [1.807, 2.05) is 0 Å². The molecule has 2 heterocycles. The zero-order valence-corrected chi connectivity index (χ0v) is 16.7. The summed E-state index contributed by atoms with van der Waals surface area (Å²) in [7, 11) is 0. The number of nitrogens with zero attached hydrogens (tertiary/aromatic N) is 2. The summed E-state index contributed by atoms with van der Waals surface area (Å²) in [6.07, 6.45) is -2.54. The molecule has 1 fully saturated rings. The van der Waals surface area contributed by atoms with Crippen molar-refractivity contribution in [3.63, 3.8) is 0 Å². The Bertz CT molecular complexity index is 867. The van der Waals surface area contributed by atoms with Crippen molar-refractivity contribution in [1.82, 2.24) is 9.88 Å². The minimum absolute atomic E-state index is 0.244. The van der Waals surface area contributed by atoms with Gasteiger partial charge in [0.05, 0.1) is 5.69 Å². The SMILES string of the molecule is CC(=O)Nc1nc(-c2cc(C)cc(OC(F)(F)F)c2)c(CN2CCC[C@H]2C)s1. The van der Waals surface area contributed by atoms with Crippen LogP contribution in [-0.2, 0) is 11.3 Å². The third-order valence-electron chi connectivity index (χ3n) is 4.58. The fourth-order valence-corrected chi connectivity index (χ4v) is 4.43. The number of rotatable bonds is 5. The van der Waals surface area contributed by atoms with Crippen LogP contribution in [0.5, 0.6) is 5.75 Å². The van der Waals surface area contributed by atoms with E-state index in [-0.39, 0.29) is 11.7 Å². The predicted octanol–water partition coefficient (Wildman–Crippen LogP) is 4.96. The number of thiazole rings is 1. The Morgan fingerprint density at radius 3 is 2.75 bits per heavy atom. The Hall–Kier alpha value is -2.13. The second-order valence-electron chi connectivity index (χ2n) is 7.02. The Morgan fingerprint density at radius 2 is 2.14 bits per heavy atom. The summed E-state index contributed by atoms with van der Waals surface area (Å²) in [4.78, 5) is 19.1. The van der Waals surface area contributed by atoms with Crippen LogP contribution in [0.1, 0.15) is 37.1 Å². The van der Waals surface area contributed by atoms with Crippen LogP contribution < -0.4 is 10.1 Å². The number of carbonyl (C=O) groups is 1. The predicted molar refractivity (Wildman–Crippen MR) is 102 cm³/mol. The van der Waals surface area contributed by atoms with Gasteiger partial charge in [-0.3, -0.25) is 9.69 Å². The number of nitrogens with one attached hydrogen (secondary N) is 1. The molecule has 2 aromatic rings. The highest BCUT2D eigenvalue weighted by Gasteiger charge is 2.31. The monoisotopic (exact) mass is 413 g/mol. The maximum atomic E-state index is 12.7. The van der Waals surface area contributed by atoms with Crippen molar-refractivity contribution < 1.29 is 22.7 Å². The zero-order chi connectivity index (χ0) is 20.5. The molecule has 152 valence electrons. The molecule has 1 saturated heterocycles. The van der Waals surface area contributed by atoms with Gasteiger partial charge >= 0.3 is 6.36 Å². The number of halogens is 3. The van der Waals surface area contributed by atoms with Gasteiger partial charge in [0.1, 0.15) is 5.75 Å². The molecule has 5 nitrogen and oxygen atoms in total. The van der Waals surface area contributed by atoms with E-state index in [2.05, 4.69) is 26.9 Å². The first kappa shape index (κ1) is 20.6. The quantitative estimate of drug-likeness (QED) is 0.753. The van der Waals surface area contributed by atoms with Gasteiger partial charge in [0.25, 0.3) is 0 Å². The van der Waals surface area contributed by atoms with Crippen LogP contribution in [0.4, 0.5) is 18.3 Å². The first-order valence-electron chi connectivity index (χ1n) is 9.00. The van der Waals surface area contributed by atoms with Gasteiger partial charge in [0.15, 0.2) is 5.13 Å². The number of aryl methyl sites for hydroxylation is 1. The number of likely N-dealkylation sites (tertiary alicyclic amines) is 1. The lowest BCUT2D eigenvalue weighted by molar-refractivity contribution is -0.274. The summed E-state index contributed by atoms with van der Waals surface area (Å²) in [6, 6.07) is 4.87. The van der Waals surface area contributed by atoms with Crippen LogP contribution in [0.3, 0.4) is 0 Å². The lowest BCUT2D eigenvalue weighted by atomic mass is 10.1. The van der Waals surface area contributed by atoms with E-state index in [1.165, 1.54) is 30.4 Å². The van der Waals surface area contributed by atoms with Crippen molar-refractivity contribution in [3.8, 4) is 17.0 Å². The fraction of sp³-hybridized carbons (Fsp3) is 0.474. The topological polar surface area (TPSA) is 54.5 Å². The molecule has 0 bridgehead atoms. The number of carbonyl (C=O) groups excluding carboxylic acids is 1. The number of hydrogen-bond donors (Lipinski definition) is 1. The molecular formula is C19H22F3N3O2S. The molecule has 0 saturated carbocycles. The number of amides is 1. The van der Waals surface area contributed by atoms with Gasteiger partial charge in [-0.15, -0.1) is 13.2 Å². The largest absolute Gasteiger partial charge is 0.573 e. The molecule has 0 aliphatic carbocycles. The lowest BCUT2D eigenvalue weighted by Gasteiger charge is -2.20. The number of aromatic nitrogens is 1. The number of alkyl halides is 3. The number of ether oxygens (including phenoxy) is 1. The van der Waals surface area contributed by atoms with E-state index in [0.29, 0.717) is 34.5 Å². The molecule has 1 aliphatic heterocycles. The maximum Gasteiger partial charge on any atom is 0.573 e. The summed E-state index contributed by atoms with van der Waals surface area (Å²) in [5.41, 5.74) is 1.74. The van der Waals surface area contributed by atoms with Crippen molar-refractivity contribution >= 4 is 22.4 Å². The van der Waals surface area contributed by atoms with Crippen molar-refractivity contribution in [3.05, 3.63) is 28.6 Å². The second-order valence-corrected chi connectivity index (χ2v) is 8.10. The highest BCUT2D eigenvalue weighted by atomic mass is 32.1. The summed E-state index contributed by atoms with van der Waals surface area (Å²) in [6.45, 7) is 6.85. The van der Waals surface area contributed by atoms with Gasteiger partial charge in [-0.05, 0) is 57.0 Å². The van der Waals surface area contributed by atoms with Gasteiger partial charge < -0.3 is 10.1 Å². The molecule has 0 unspecified atom stereocenters. The van der Waals surface area contributed by atoms with E-state index in [1.54, 1.807) is 13.0 Å². The second kappa shape index (κ2) is 8.08. The molecule has 28 heavy (non-hydrogen) atoms. The molecular weight excluding hydrogens is 391 g/mol. The average Bonchev–Trinajstić information content (AvgIpc) is 3.11. The molecule has 0 spiro atoms. The normalized spacial score (nSPS) is 17.7. The summed E-state index contributed by atoms with van der Waals surface area (Å²) in [5, 5.41) is 3.11. The number of anilines is 1. The standard InChI is InChI=1S/C19H22F3N3O2S/c1-11-7-14(9-15(8-11)27-19(20,21)22)17-16(10-25-6-4-5-12(25)2)28-18(24-17)23-13(3)26/h7-9,12H,4-6,10H2,1-3H3,(H,23,24,26)/t12-/m1/s1. The van der Waals surface area contributed by atoms with Crippen molar-refractivity contribution in [1.29, 1.82) is 0 Å².